The predicted octanol–water partition coefficient (Wildman–Crippen LogP) is 2.19. The van der Waals surface area contributed by atoms with Gasteiger partial charge in [-0.3, -0.25) is 0 Å². The van der Waals surface area contributed by atoms with Gasteiger partial charge in [0.15, 0.2) is 0 Å². The van der Waals surface area contributed by atoms with Crippen LogP contribution in [0.4, 0.5) is 0 Å². The molecule has 3 heteroatoms. The third-order valence-corrected chi connectivity index (χ3v) is 3.32. The molecule has 98 valence electrons. The van der Waals surface area contributed by atoms with Gasteiger partial charge in [0.2, 0.25) is 0 Å². The van der Waals surface area contributed by atoms with Crippen molar-refractivity contribution in [3.8, 4) is 0 Å². The maximum Gasteiger partial charge on any atom is 0.0766 e. The van der Waals surface area contributed by atoms with Crippen molar-refractivity contribution < 1.29 is 9.84 Å². The monoisotopic (exact) mass is 231 g/mol. The number of hydrogen-bond acceptors (Lipinski definition) is 3. The van der Waals surface area contributed by atoms with Crippen molar-refractivity contribution in [1.82, 2.24) is 5.32 Å². The molecule has 0 rings (SSSR count). The van der Waals surface area contributed by atoms with Gasteiger partial charge in [0.05, 0.1) is 12.2 Å². The third kappa shape index (κ3) is 5.83. The molecule has 1 atom stereocenters. The Morgan fingerprint density at radius 1 is 1.19 bits per heavy atom. The second-order valence-electron chi connectivity index (χ2n) is 4.82. The van der Waals surface area contributed by atoms with Crippen LogP contribution in [-0.2, 0) is 4.74 Å². The van der Waals surface area contributed by atoms with Crippen LogP contribution >= 0.6 is 0 Å². The van der Waals surface area contributed by atoms with Crippen LogP contribution in [0.25, 0.3) is 0 Å². The standard InChI is InChI=1S/C13H29NO2/c1-6-13(15,7-2)10-14-12(11(4)5)9-16-8-3/h11-12,14-15H,6-10H2,1-5H3. The van der Waals surface area contributed by atoms with Gasteiger partial charge in [-0.1, -0.05) is 27.7 Å². The van der Waals surface area contributed by atoms with Gasteiger partial charge in [-0.05, 0) is 25.7 Å². The Bertz CT molecular complexity index is 167. The minimum absolute atomic E-state index is 0.324. The van der Waals surface area contributed by atoms with E-state index in [1.807, 2.05) is 20.8 Å². The zero-order valence-corrected chi connectivity index (χ0v) is 11.5. The molecular formula is C13H29NO2. The Labute approximate surface area is 101 Å². The van der Waals surface area contributed by atoms with E-state index in [4.69, 9.17) is 4.74 Å². The van der Waals surface area contributed by atoms with Gasteiger partial charge in [0.1, 0.15) is 0 Å². The Hall–Kier alpha value is -0.120. The van der Waals surface area contributed by atoms with Crippen molar-refractivity contribution >= 4 is 0 Å². The van der Waals surface area contributed by atoms with Crippen molar-refractivity contribution in [2.24, 2.45) is 5.92 Å². The summed E-state index contributed by atoms with van der Waals surface area (Å²) in [7, 11) is 0. The number of nitrogens with one attached hydrogen (secondary N) is 1. The molecule has 0 amide bonds. The van der Waals surface area contributed by atoms with Gasteiger partial charge in [0.25, 0.3) is 0 Å². The first-order valence-electron chi connectivity index (χ1n) is 6.52. The number of rotatable bonds is 9. The lowest BCUT2D eigenvalue weighted by Gasteiger charge is -2.30. The molecule has 3 nitrogen and oxygen atoms in total. The summed E-state index contributed by atoms with van der Waals surface area (Å²) in [5.74, 6) is 0.518. The molecule has 1 unspecified atom stereocenters. The van der Waals surface area contributed by atoms with Crippen LogP contribution in [0, 0.1) is 5.92 Å². The van der Waals surface area contributed by atoms with E-state index in [9.17, 15) is 5.11 Å². The molecule has 0 fully saturated rings. The third-order valence-electron chi connectivity index (χ3n) is 3.32. The van der Waals surface area contributed by atoms with Crippen molar-refractivity contribution in [2.75, 3.05) is 19.8 Å². The molecule has 0 bridgehead atoms. The molecule has 0 aromatic carbocycles. The fourth-order valence-electron chi connectivity index (χ4n) is 1.55. The Morgan fingerprint density at radius 3 is 2.12 bits per heavy atom. The lowest BCUT2D eigenvalue weighted by atomic mass is 9.96. The molecule has 2 N–H and O–H groups in total. The van der Waals surface area contributed by atoms with E-state index in [-0.39, 0.29) is 0 Å². The molecule has 16 heavy (non-hydrogen) atoms. The summed E-state index contributed by atoms with van der Waals surface area (Å²) in [5.41, 5.74) is -0.570. The van der Waals surface area contributed by atoms with E-state index in [1.165, 1.54) is 0 Å². The zero-order chi connectivity index (χ0) is 12.6. The number of aliphatic hydroxyl groups is 1. The molecule has 0 radical (unpaired) electrons. The Morgan fingerprint density at radius 2 is 1.75 bits per heavy atom. The molecule has 0 aliphatic heterocycles. The predicted molar refractivity (Wildman–Crippen MR) is 68.7 cm³/mol. The summed E-state index contributed by atoms with van der Waals surface area (Å²) in [6.07, 6.45) is 1.58. The van der Waals surface area contributed by atoms with Gasteiger partial charge in [-0.15, -0.1) is 0 Å². The summed E-state index contributed by atoms with van der Waals surface area (Å²) in [6.45, 7) is 12.5. The Balaban J connectivity index is 4.09. The van der Waals surface area contributed by atoms with Crippen molar-refractivity contribution in [3.05, 3.63) is 0 Å². The van der Waals surface area contributed by atoms with Crippen LogP contribution < -0.4 is 5.32 Å². The van der Waals surface area contributed by atoms with E-state index in [1.54, 1.807) is 0 Å². The largest absolute Gasteiger partial charge is 0.389 e. The smallest absolute Gasteiger partial charge is 0.0766 e. The van der Waals surface area contributed by atoms with Gasteiger partial charge < -0.3 is 15.2 Å². The lowest BCUT2D eigenvalue weighted by molar-refractivity contribution is 0.0217. The van der Waals surface area contributed by atoms with Crippen molar-refractivity contribution in [3.63, 3.8) is 0 Å². The van der Waals surface area contributed by atoms with E-state index >= 15 is 0 Å². The topological polar surface area (TPSA) is 41.5 Å². The zero-order valence-electron chi connectivity index (χ0n) is 11.5. The highest BCUT2D eigenvalue weighted by atomic mass is 16.5. The summed E-state index contributed by atoms with van der Waals surface area (Å²) < 4.78 is 5.45. The average Bonchev–Trinajstić information content (AvgIpc) is 2.28. The van der Waals surface area contributed by atoms with Crippen LogP contribution in [0.1, 0.15) is 47.5 Å². The van der Waals surface area contributed by atoms with Crippen LogP contribution in [0.3, 0.4) is 0 Å². The highest BCUT2D eigenvalue weighted by Crippen LogP contribution is 2.14. The first kappa shape index (κ1) is 15.9. The SMILES string of the molecule is CCOCC(NCC(O)(CC)CC)C(C)C. The van der Waals surface area contributed by atoms with Gasteiger partial charge in [-0.25, -0.2) is 0 Å². The fraction of sp³-hybridized carbons (Fsp3) is 1.00. The quantitative estimate of drug-likeness (QED) is 0.639. The van der Waals surface area contributed by atoms with E-state index in [2.05, 4.69) is 19.2 Å². The van der Waals surface area contributed by atoms with E-state index in [0.29, 0.717) is 18.5 Å². The second-order valence-corrected chi connectivity index (χ2v) is 4.82. The van der Waals surface area contributed by atoms with E-state index < -0.39 is 5.60 Å². The average molecular weight is 231 g/mol. The maximum atomic E-state index is 10.2. The first-order valence-corrected chi connectivity index (χ1v) is 6.52. The molecule has 0 aliphatic carbocycles. The van der Waals surface area contributed by atoms with Gasteiger partial charge in [0, 0.05) is 19.2 Å². The molecule has 0 spiro atoms. The highest BCUT2D eigenvalue weighted by molar-refractivity contribution is 4.81. The number of ether oxygens (including phenoxy) is 1. The minimum atomic E-state index is -0.570. The van der Waals surface area contributed by atoms with Crippen LogP contribution in [0.5, 0.6) is 0 Å². The molecule has 0 aromatic heterocycles. The normalized spacial score (nSPS) is 14.4. The molecule has 0 aliphatic rings. The number of hydrogen-bond donors (Lipinski definition) is 2. The molecule has 0 saturated heterocycles. The maximum absolute atomic E-state index is 10.2. The summed E-state index contributed by atoms with van der Waals surface area (Å²) in [4.78, 5) is 0. The minimum Gasteiger partial charge on any atom is -0.389 e. The van der Waals surface area contributed by atoms with Gasteiger partial charge >= 0.3 is 0 Å². The Kier molecular flexibility index (Phi) is 7.98. The van der Waals surface area contributed by atoms with E-state index in [0.717, 1.165) is 26.1 Å². The summed E-state index contributed by atoms with van der Waals surface area (Å²) in [5, 5.41) is 13.6. The van der Waals surface area contributed by atoms with Crippen molar-refractivity contribution in [2.45, 2.75) is 59.1 Å². The molecule has 0 heterocycles. The molecular weight excluding hydrogens is 202 g/mol. The van der Waals surface area contributed by atoms with Crippen LogP contribution in [-0.4, -0.2) is 36.5 Å². The molecule has 0 saturated carbocycles. The van der Waals surface area contributed by atoms with Crippen LogP contribution in [0.15, 0.2) is 0 Å². The van der Waals surface area contributed by atoms with Gasteiger partial charge in [-0.2, -0.15) is 0 Å². The lowest BCUT2D eigenvalue weighted by Crippen LogP contribution is -2.47. The van der Waals surface area contributed by atoms with Crippen molar-refractivity contribution in [1.29, 1.82) is 0 Å². The summed E-state index contributed by atoms with van der Waals surface area (Å²) in [6, 6.07) is 0.324. The fourth-order valence-corrected chi connectivity index (χ4v) is 1.55. The summed E-state index contributed by atoms with van der Waals surface area (Å²) >= 11 is 0. The first-order chi connectivity index (χ1) is 7.49. The van der Waals surface area contributed by atoms with Crippen LogP contribution in [0.2, 0.25) is 0 Å². The molecule has 0 aromatic rings. The highest BCUT2D eigenvalue weighted by Gasteiger charge is 2.24. The second kappa shape index (κ2) is 8.04.